The molecule has 0 spiro atoms. The number of hydrogen-bond acceptors (Lipinski definition) is 2. The Morgan fingerprint density at radius 1 is 1.00 bits per heavy atom. The van der Waals surface area contributed by atoms with E-state index in [4.69, 9.17) is 5.11 Å². The maximum atomic E-state index is 12.9. The van der Waals surface area contributed by atoms with Crippen molar-refractivity contribution in [1.29, 1.82) is 0 Å². The summed E-state index contributed by atoms with van der Waals surface area (Å²) in [5, 5.41) is 12.1. The number of amides is 1. The van der Waals surface area contributed by atoms with E-state index in [1.54, 1.807) is 0 Å². The van der Waals surface area contributed by atoms with Gasteiger partial charge in [0.15, 0.2) is 0 Å². The van der Waals surface area contributed by atoms with Crippen LogP contribution in [0.4, 0.5) is 0 Å². The van der Waals surface area contributed by atoms with Gasteiger partial charge in [0.25, 0.3) is 0 Å². The van der Waals surface area contributed by atoms with Gasteiger partial charge in [0.2, 0.25) is 5.91 Å². The van der Waals surface area contributed by atoms with E-state index in [-0.39, 0.29) is 29.1 Å². The zero-order valence-electron chi connectivity index (χ0n) is 15.0. The molecule has 0 radical (unpaired) electrons. The number of carbonyl (C=O) groups is 2. The second kappa shape index (κ2) is 7.16. The average Bonchev–Trinajstić information content (AvgIpc) is 2.34. The van der Waals surface area contributed by atoms with Gasteiger partial charge >= 0.3 is 5.97 Å². The molecule has 1 aromatic rings. The van der Waals surface area contributed by atoms with Crippen molar-refractivity contribution in [2.75, 3.05) is 0 Å². The maximum absolute atomic E-state index is 12.9. The van der Waals surface area contributed by atoms with Crippen LogP contribution in [0.5, 0.6) is 0 Å². The van der Waals surface area contributed by atoms with Gasteiger partial charge in [-0.1, -0.05) is 71.9 Å². The van der Waals surface area contributed by atoms with Crippen LogP contribution in [0.15, 0.2) is 30.3 Å². The Kier molecular flexibility index (Phi) is 5.98. The van der Waals surface area contributed by atoms with E-state index in [9.17, 15) is 9.59 Å². The number of nitrogens with one attached hydrogen (secondary N) is 1. The summed E-state index contributed by atoms with van der Waals surface area (Å²) in [6.45, 7) is 12.2. The van der Waals surface area contributed by atoms with E-state index in [0.717, 1.165) is 5.56 Å². The van der Waals surface area contributed by atoms with Crippen LogP contribution in [0, 0.1) is 16.7 Å². The third-order valence-corrected chi connectivity index (χ3v) is 3.89. The second-order valence-corrected chi connectivity index (χ2v) is 8.23. The van der Waals surface area contributed by atoms with Crippen LogP contribution >= 0.6 is 0 Å². The van der Waals surface area contributed by atoms with Crippen molar-refractivity contribution < 1.29 is 14.7 Å². The van der Waals surface area contributed by atoms with E-state index in [2.05, 4.69) is 5.32 Å². The highest BCUT2D eigenvalue weighted by atomic mass is 16.4. The van der Waals surface area contributed by atoms with Gasteiger partial charge < -0.3 is 10.4 Å². The standard InChI is InChI=1S/C19H29NO3/c1-18(2,3)16(19(4,5)6)17(23)20-14(12-15(21)22)13-10-8-7-9-11-13/h7-11,14,16H,12H2,1-6H3,(H,20,23)(H,21,22)/t14-/m0/s1. The zero-order valence-corrected chi connectivity index (χ0v) is 15.0. The summed E-state index contributed by atoms with van der Waals surface area (Å²) in [4.78, 5) is 24.1. The molecule has 128 valence electrons. The van der Waals surface area contributed by atoms with E-state index in [1.807, 2.05) is 71.9 Å². The molecule has 0 saturated carbocycles. The van der Waals surface area contributed by atoms with Gasteiger partial charge in [-0.15, -0.1) is 0 Å². The number of hydrogen-bond donors (Lipinski definition) is 2. The number of benzene rings is 1. The average molecular weight is 319 g/mol. The smallest absolute Gasteiger partial charge is 0.305 e. The lowest BCUT2D eigenvalue weighted by Crippen LogP contribution is -2.46. The highest BCUT2D eigenvalue weighted by Crippen LogP contribution is 2.40. The summed E-state index contributed by atoms with van der Waals surface area (Å²) in [5.74, 6) is -1.25. The van der Waals surface area contributed by atoms with Crippen LogP contribution in [0.3, 0.4) is 0 Å². The predicted molar refractivity (Wildman–Crippen MR) is 92.0 cm³/mol. The summed E-state index contributed by atoms with van der Waals surface area (Å²) >= 11 is 0. The maximum Gasteiger partial charge on any atom is 0.305 e. The minimum Gasteiger partial charge on any atom is -0.481 e. The molecule has 0 heterocycles. The quantitative estimate of drug-likeness (QED) is 0.861. The zero-order chi connectivity index (χ0) is 17.8. The Labute approximate surface area is 139 Å². The Morgan fingerprint density at radius 3 is 1.87 bits per heavy atom. The molecule has 23 heavy (non-hydrogen) atoms. The monoisotopic (exact) mass is 319 g/mol. The molecule has 4 heteroatoms. The lowest BCUT2D eigenvalue weighted by atomic mass is 9.66. The first kappa shape index (κ1) is 19.2. The topological polar surface area (TPSA) is 66.4 Å². The van der Waals surface area contributed by atoms with Gasteiger partial charge in [0, 0.05) is 5.92 Å². The molecule has 0 aliphatic heterocycles. The van der Waals surface area contributed by atoms with Crippen LogP contribution in [0.2, 0.25) is 0 Å². The molecule has 2 N–H and O–H groups in total. The van der Waals surface area contributed by atoms with Crippen molar-refractivity contribution >= 4 is 11.9 Å². The van der Waals surface area contributed by atoms with Crippen molar-refractivity contribution in [3.63, 3.8) is 0 Å². The Hall–Kier alpha value is -1.84. The van der Waals surface area contributed by atoms with Gasteiger partial charge in [0.1, 0.15) is 0 Å². The van der Waals surface area contributed by atoms with E-state index < -0.39 is 12.0 Å². The second-order valence-electron chi connectivity index (χ2n) is 8.23. The molecule has 1 aromatic carbocycles. The first-order valence-corrected chi connectivity index (χ1v) is 8.00. The number of carboxylic acids is 1. The van der Waals surface area contributed by atoms with Gasteiger partial charge in [-0.2, -0.15) is 0 Å². The number of carboxylic acid groups (broad SMARTS) is 1. The highest BCUT2D eigenvalue weighted by Gasteiger charge is 2.41. The first-order valence-electron chi connectivity index (χ1n) is 8.00. The van der Waals surface area contributed by atoms with Crippen LogP contribution in [0.25, 0.3) is 0 Å². The first-order chi connectivity index (χ1) is 10.4. The van der Waals surface area contributed by atoms with Gasteiger partial charge in [-0.25, -0.2) is 0 Å². The fourth-order valence-corrected chi connectivity index (χ4v) is 3.45. The summed E-state index contributed by atoms with van der Waals surface area (Å²) in [6, 6.07) is 8.74. The Morgan fingerprint density at radius 2 is 1.48 bits per heavy atom. The molecule has 0 saturated heterocycles. The van der Waals surface area contributed by atoms with Crippen molar-refractivity contribution in [1.82, 2.24) is 5.32 Å². The van der Waals surface area contributed by atoms with Crippen LogP contribution in [0.1, 0.15) is 59.6 Å². The molecule has 1 rings (SSSR count). The Bertz CT molecular complexity index is 524. The highest BCUT2D eigenvalue weighted by molar-refractivity contribution is 5.81. The molecule has 0 aromatic heterocycles. The third kappa shape index (κ3) is 5.70. The molecule has 4 nitrogen and oxygen atoms in total. The van der Waals surface area contributed by atoms with Crippen molar-refractivity contribution in [3.05, 3.63) is 35.9 Å². The summed E-state index contributed by atoms with van der Waals surface area (Å²) in [6.07, 6.45) is -0.128. The molecule has 1 amide bonds. The normalized spacial score (nSPS) is 13.7. The molecular weight excluding hydrogens is 290 g/mol. The van der Waals surface area contributed by atoms with Gasteiger partial charge in [-0.3, -0.25) is 9.59 Å². The SMILES string of the molecule is CC(C)(C)C(C(=O)N[C@@H](CC(=O)O)c1ccccc1)C(C)(C)C. The molecule has 1 atom stereocenters. The van der Waals surface area contributed by atoms with Crippen LogP contribution in [-0.2, 0) is 9.59 Å². The minimum atomic E-state index is -0.928. The molecule has 0 fully saturated rings. The lowest BCUT2D eigenvalue weighted by Gasteiger charge is -2.40. The summed E-state index contributed by atoms with van der Waals surface area (Å²) < 4.78 is 0. The number of rotatable bonds is 5. The van der Waals surface area contributed by atoms with Crippen LogP contribution in [-0.4, -0.2) is 17.0 Å². The fraction of sp³-hybridized carbons (Fsp3) is 0.579. The van der Waals surface area contributed by atoms with Crippen molar-refractivity contribution in [3.8, 4) is 0 Å². The van der Waals surface area contributed by atoms with E-state index >= 15 is 0 Å². The van der Waals surface area contributed by atoms with E-state index in [0.29, 0.717) is 0 Å². The molecule has 0 bridgehead atoms. The summed E-state index contributed by atoms with van der Waals surface area (Å²) in [7, 11) is 0. The summed E-state index contributed by atoms with van der Waals surface area (Å²) in [5.41, 5.74) is 0.379. The number of carbonyl (C=O) groups excluding carboxylic acids is 1. The third-order valence-electron chi connectivity index (χ3n) is 3.89. The molecule has 0 aliphatic rings. The Balaban J connectivity index is 3.07. The molecular formula is C19H29NO3. The minimum absolute atomic E-state index is 0.0971. The lowest BCUT2D eigenvalue weighted by molar-refractivity contribution is -0.138. The van der Waals surface area contributed by atoms with Gasteiger partial charge in [0.05, 0.1) is 12.5 Å². The largest absolute Gasteiger partial charge is 0.481 e. The van der Waals surface area contributed by atoms with Crippen LogP contribution < -0.4 is 5.32 Å². The molecule has 0 unspecified atom stereocenters. The molecule has 0 aliphatic carbocycles. The van der Waals surface area contributed by atoms with Crippen molar-refractivity contribution in [2.45, 2.75) is 54.0 Å². The fourth-order valence-electron chi connectivity index (χ4n) is 3.45. The van der Waals surface area contributed by atoms with Gasteiger partial charge in [-0.05, 0) is 16.4 Å². The predicted octanol–water partition coefficient (Wildman–Crippen LogP) is 4.03. The van der Waals surface area contributed by atoms with E-state index in [1.165, 1.54) is 0 Å². The number of aliphatic carboxylic acids is 1. The van der Waals surface area contributed by atoms with Crippen molar-refractivity contribution in [2.24, 2.45) is 16.7 Å².